The number of Topliss-reactive ketones (excluding diaryl/α,β-unsaturated/α-hetero) is 1. The van der Waals surface area contributed by atoms with E-state index >= 15 is 0 Å². The molecule has 0 aromatic heterocycles. The standard InChI is InChI=1S/C14H15NO3/c1-15(18)14(17)13(16)11-7-3-6-10-12-8-4-2-5-9-12/h2-10,18H,11H2,1H3/b7-3+,10-6+. The van der Waals surface area contributed by atoms with Gasteiger partial charge in [0.1, 0.15) is 0 Å². The van der Waals surface area contributed by atoms with Crippen molar-refractivity contribution >= 4 is 17.8 Å². The first-order chi connectivity index (χ1) is 8.61. The summed E-state index contributed by atoms with van der Waals surface area (Å²) in [5.41, 5.74) is 1.06. The van der Waals surface area contributed by atoms with Crippen molar-refractivity contribution in [3.63, 3.8) is 0 Å². The van der Waals surface area contributed by atoms with E-state index in [0.717, 1.165) is 12.6 Å². The number of hydroxylamine groups is 2. The van der Waals surface area contributed by atoms with Crippen molar-refractivity contribution < 1.29 is 14.8 Å². The molecule has 1 amide bonds. The molecular formula is C14H15NO3. The van der Waals surface area contributed by atoms with Crippen molar-refractivity contribution in [1.82, 2.24) is 5.06 Å². The molecule has 1 N–H and O–H groups in total. The van der Waals surface area contributed by atoms with E-state index in [1.54, 1.807) is 18.2 Å². The molecule has 94 valence electrons. The SMILES string of the molecule is CN(O)C(=O)C(=O)C/C=C/C=C/c1ccccc1. The smallest absolute Gasteiger partial charge is 0.288 e. The molecule has 0 aliphatic heterocycles. The molecule has 0 bridgehead atoms. The molecule has 0 aliphatic carbocycles. The molecule has 0 saturated carbocycles. The third-order valence-corrected chi connectivity index (χ3v) is 2.17. The number of benzene rings is 1. The summed E-state index contributed by atoms with van der Waals surface area (Å²) in [6.45, 7) is 0. The summed E-state index contributed by atoms with van der Waals surface area (Å²) in [7, 11) is 1.12. The Morgan fingerprint density at radius 1 is 1.22 bits per heavy atom. The molecule has 1 rings (SSSR count). The van der Waals surface area contributed by atoms with E-state index in [2.05, 4.69) is 0 Å². The number of rotatable bonds is 5. The van der Waals surface area contributed by atoms with Gasteiger partial charge in [0.2, 0.25) is 5.78 Å². The highest BCUT2D eigenvalue weighted by molar-refractivity contribution is 6.35. The summed E-state index contributed by atoms with van der Waals surface area (Å²) in [4.78, 5) is 22.2. The van der Waals surface area contributed by atoms with E-state index in [1.807, 2.05) is 36.4 Å². The molecule has 0 spiro atoms. The van der Waals surface area contributed by atoms with Crippen LogP contribution in [0.3, 0.4) is 0 Å². The number of nitrogens with zero attached hydrogens (tertiary/aromatic N) is 1. The number of carbonyl (C=O) groups is 2. The Morgan fingerprint density at radius 3 is 2.50 bits per heavy atom. The number of hydrogen-bond acceptors (Lipinski definition) is 3. The lowest BCUT2D eigenvalue weighted by Crippen LogP contribution is -2.29. The van der Waals surface area contributed by atoms with Crippen LogP contribution in [0.2, 0.25) is 0 Å². The summed E-state index contributed by atoms with van der Waals surface area (Å²) >= 11 is 0. The molecule has 1 aromatic carbocycles. The van der Waals surface area contributed by atoms with E-state index in [4.69, 9.17) is 5.21 Å². The van der Waals surface area contributed by atoms with Gasteiger partial charge < -0.3 is 0 Å². The van der Waals surface area contributed by atoms with Crippen molar-refractivity contribution in [2.24, 2.45) is 0 Å². The van der Waals surface area contributed by atoms with Gasteiger partial charge in [0, 0.05) is 13.5 Å². The molecule has 0 unspecified atom stereocenters. The number of allylic oxidation sites excluding steroid dienone is 3. The van der Waals surface area contributed by atoms with Crippen molar-refractivity contribution in [1.29, 1.82) is 0 Å². The third-order valence-electron chi connectivity index (χ3n) is 2.17. The lowest BCUT2D eigenvalue weighted by molar-refractivity contribution is -0.165. The normalized spacial score (nSPS) is 11.0. The number of likely N-dealkylation sites (N-methyl/N-ethyl adjacent to an activating group) is 1. The van der Waals surface area contributed by atoms with E-state index in [0.29, 0.717) is 0 Å². The summed E-state index contributed by atoms with van der Waals surface area (Å²) < 4.78 is 0. The fourth-order valence-corrected chi connectivity index (χ4v) is 1.25. The first kappa shape index (κ1) is 13.9. The molecule has 0 aliphatic rings. The molecule has 0 heterocycles. The van der Waals surface area contributed by atoms with Crippen LogP contribution in [0.5, 0.6) is 0 Å². The van der Waals surface area contributed by atoms with Gasteiger partial charge >= 0.3 is 5.91 Å². The fraction of sp³-hybridized carbons (Fsp3) is 0.143. The van der Waals surface area contributed by atoms with Crippen LogP contribution in [0.1, 0.15) is 12.0 Å². The molecule has 18 heavy (non-hydrogen) atoms. The van der Waals surface area contributed by atoms with Gasteiger partial charge in [0.25, 0.3) is 0 Å². The van der Waals surface area contributed by atoms with Gasteiger partial charge in [-0.3, -0.25) is 14.8 Å². The largest absolute Gasteiger partial charge is 0.313 e. The zero-order valence-electron chi connectivity index (χ0n) is 10.1. The maximum absolute atomic E-state index is 11.2. The predicted molar refractivity (Wildman–Crippen MR) is 68.8 cm³/mol. The molecule has 0 atom stereocenters. The predicted octanol–water partition coefficient (Wildman–Crippen LogP) is 2.06. The minimum Gasteiger partial charge on any atom is -0.288 e. The number of carbonyl (C=O) groups excluding carboxylic acids is 2. The second-order valence-corrected chi connectivity index (χ2v) is 3.65. The van der Waals surface area contributed by atoms with Gasteiger partial charge in [-0.1, -0.05) is 54.6 Å². The summed E-state index contributed by atoms with van der Waals surface area (Å²) in [5.74, 6) is -1.56. The second kappa shape index (κ2) is 7.19. The second-order valence-electron chi connectivity index (χ2n) is 3.65. The molecule has 0 fully saturated rings. The molecule has 1 aromatic rings. The van der Waals surface area contributed by atoms with Crippen molar-refractivity contribution in [3.8, 4) is 0 Å². The summed E-state index contributed by atoms with van der Waals surface area (Å²) in [5, 5.41) is 9.06. The fourth-order valence-electron chi connectivity index (χ4n) is 1.25. The lowest BCUT2D eigenvalue weighted by atomic mass is 10.2. The van der Waals surface area contributed by atoms with Gasteiger partial charge in [-0.05, 0) is 5.56 Å². The Balaban J connectivity index is 2.41. The van der Waals surface area contributed by atoms with Gasteiger partial charge in [0.05, 0.1) is 0 Å². The first-order valence-electron chi connectivity index (χ1n) is 5.49. The zero-order chi connectivity index (χ0) is 13.4. The summed E-state index contributed by atoms with van der Waals surface area (Å²) in [6.07, 6.45) is 6.91. The van der Waals surface area contributed by atoms with Gasteiger partial charge in [-0.2, -0.15) is 0 Å². The average molecular weight is 245 g/mol. The van der Waals surface area contributed by atoms with E-state index in [9.17, 15) is 9.59 Å². The van der Waals surface area contributed by atoms with Crippen LogP contribution in [0.25, 0.3) is 6.08 Å². The van der Waals surface area contributed by atoms with Crippen molar-refractivity contribution in [2.75, 3.05) is 7.05 Å². The number of ketones is 1. The number of amides is 1. The zero-order valence-corrected chi connectivity index (χ0v) is 10.1. The van der Waals surface area contributed by atoms with Gasteiger partial charge in [-0.25, -0.2) is 5.06 Å². The maximum atomic E-state index is 11.2. The van der Waals surface area contributed by atoms with Crippen molar-refractivity contribution in [2.45, 2.75) is 6.42 Å². The van der Waals surface area contributed by atoms with Gasteiger partial charge in [-0.15, -0.1) is 0 Å². The Hall–Kier alpha value is -2.20. The molecular weight excluding hydrogens is 230 g/mol. The quantitative estimate of drug-likeness (QED) is 0.374. The minimum atomic E-state index is -0.910. The highest BCUT2D eigenvalue weighted by atomic mass is 16.5. The van der Waals surface area contributed by atoms with Crippen LogP contribution in [0.15, 0.2) is 48.6 Å². The Labute approximate surface area is 106 Å². The van der Waals surface area contributed by atoms with Crippen LogP contribution in [0, 0.1) is 0 Å². The molecule has 0 saturated heterocycles. The van der Waals surface area contributed by atoms with Crippen molar-refractivity contribution in [3.05, 3.63) is 54.1 Å². The maximum Gasteiger partial charge on any atom is 0.313 e. The van der Waals surface area contributed by atoms with E-state index in [-0.39, 0.29) is 11.5 Å². The molecule has 4 heteroatoms. The van der Waals surface area contributed by atoms with Crippen LogP contribution in [-0.2, 0) is 9.59 Å². The average Bonchev–Trinajstić information content (AvgIpc) is 2.38. The van der Waals surface area contributed by atoms with Crippen LogP contribution < -0.4 is 0 Å². The van der Waals surface area contributed by atoms with E-state index < -0.39 is 11.7 Å². The topological polar surface area (TPSA) is 57.6 Å². The Morgan fingerprint density at radius 2 is 1.89 bits per heavy atom. The highest BCUT2D eigenvalue weighted by Crippen LogP contribution is 2.01. The third kappa shape index (κ3) is 4.76. The monoisotopic (exact) mass is 245 g/mol. The lowest BCUT2D eigenvalue weighted by Gasteiger charge is -2.04. The Bertz CT molecular complexity index is 461. The number of hydrogen-bond donors (Lipinski definition) is 1. The van der Waals surface area contributed by atoms with E-state index in [1.165, 1.54) is 0 Å². The van der Waals surface area contributed by atoms with Crippen LogP contribution in [-0.4, -0.2) is 29.0 Å². The van der Waals surface area contributed by atoms with Crippen LogP contribution in [0.4, 0.5) is 0 Å². The first-order valence-corrected chi connectivity index (χ1v) is 5.49. The molecule has 4 nitrogen and oxygen atoms in total. The molecule has 0 radical (unpaired) electrons. The highest BCUT2D eigenvalue weighted by Gasteiger charge is 2.14. The van der Waals surface area contributed by atoms with Crippen LogP contribution >= 0.6 is 0 Å². The Kier molecular flexibility index (Phi) is 5.54. The van der Waals surface area contributed by atoms with Gasteiger partial charge in [0.15, 0.2) is 0 Å². The minimum absolute atomic E-state index is 0.0249. The summed E-state index contributed by atoms with van der Waals surface area (Å²) in [6, 6.07) is 9.72.